The van der Waals surface area contributed by atoms with Crippen molar-refractivity contribution in [3.05, 3.63) is 0 Å². The van der Waals surface area contributed by atoms with Gasteiger partial charge in [0.05, 0.1) is 12.2 Å². The molecule has 0 aromatic heterocycles. The maximum atomic E-state index is 5.25. The van der Waals surface area contributed by atoms with Crippen LogP contribution in [0.1, 0.15) is 26.7 Å². The minimum absolute atomic E-state index is 0.384. The minimum Gasteiger partial charge on any atom is -0.352 e. The second-order valence-electron chi connectivity index (χ2n) is 2.65. The lowest BCUT2D eigenvalue weighted by Crippen LogP contribution is -2.06. The van der Waals surface area contributed by atoms with Crippen molar-refractivity contribution < 1.29 is 9.47 Å². The number of rotatable bonds is 0. The van der Waals surface area contributed by atoms with Gasteiger partial charge in [-0.05, 0) is 26.7 Å². The molecule has 0 radical (unpaired) electrons. The zero-order chi connectivity index (χ0) is 6.69. The van der Waals surface area contributed by atoms with E-state index < -0.39 is 0 Å². The van der Waals surface area contributed by atoms with Crippen molar-refractivity contribution in [2.24, 2.45) is 0 Å². The molecule has 2 unspecified atom stereocenters. The summed E-state index contributed by atoms with van der Waals surface area (Å²) < 4.78 is 10.5. The van der Waals surface area contributed by atoms with E-state index in [1.807, 2.05) is 0 Å². The Balaban J connectivity index is 2.25. The van der Waals surface area contributed by atoms with Gasteiger partial charge in [0.15, 0.2) is 0 Å². The third kappa shape index (κ3) is 2.33. The molecular weight excluding hydrogens is 116 g/mol. The predicted molar refractivity (Wildman–Crippen MR) is 35.2 cm³/mol. The predicted octanol–water partition coefficient (Wildman–Crippen LogP) is 1.55. The maximum Gasteiger partial charge on any atom is 0.147 e. The molecule has 0 saturated carbocycles. The Labute approximate surface area is 56.2 Å². The Bertz CT molecular complexity index is 73.0. The van der Waals surface area contributed by atoms with Crippen LogP contribution in [0.3, 0.4) is 0 Å². The number of hydrogen-bond acceptors (Lipinski definition) is 2. The average molecular weight is 130 g/mol. The van der Waals surface area contributed by atoms with Crippen molar-refractivity contribution in [1.29, 1.82) is 0 Å². The van der Waals surface area contributed by atoms with E-state index in [0.717, 1.165) is 12.8 Å². The molecule has 0 bridgehead atoms. The second kappa shape index (κ2) is 3.18. The first-order chi connectivity index (χ1) is 4.29. The van der Waals surface area contributed by atoms with Gasteiger partial charge in [0.2, 0.25) is 0 Å². The van der Waals surface area contributed by atoms with E-state index in [4.69, 9.17) is 9.47 Å². The molecule has 0 spiro atoms. The van der Waals surface area contributed by atoms with E-state index in [0.29, 0.717) is 19.0 Å². The lowest BCUT2D eigenvalue weighted by Gasteiger charge is -2.05. The monoisotopic (exact) mass is 130 g/mol. The fraction of sp³-hybridized carbons (Fsp3) is 1.00. The molecule has 1 aliphatic heterocycles. The minimum atomic E-state index is 0.384. The Morgan fingerprint density at radius 3 is 1.89 bits per heavy atom. The Hall–Kier alpha value is -0.0800. The molecule has 2 heteroatoms. The van der Waals surface area contributed by atoms with Crippen molar-refractivity contribution in [1.82, 2.24) is 0 Å². The van der Waals surface area contributed by atoms with Crippen LogP contribution in [-0.2, 0) is 9.47 Å². The van der Waals surface area contributed by atoms with Crippen molar-refractivity contribution >= 4 is 0 Å². The van der Waals surface area contributed by atoms with Crippen molar-refractivity contribution in [2.75, 3.05) is 6.79 Å². The highest BCUT2D eigenvalue weighted by Gasteiger charge is 2.11. The normalized spacial score (nSPS) is 38.0. The first-order valence-corrected chi connectivity index (χ1v) is 3.52. The third-order valence-electron chi connectivity index (χ3n) is 1.68. The van der Waals surface area contributed by atoms with Gasteiger partial charge in [-0.3, -0.25) is 0 Å². The largest absolute Gasteiger partial charge is 0.352 e. The van der Waals surface area contributed by atoms with Gasteiger partial charge < -0.3 is 9.47 Å². The highest BCUT2D eigenvalue weighted by atomic mass is 16.7. The molecular formula is C7H14O2. The molecule has 1 aliphatic rings. The highest BCUT2D eigenvalue weighted by molar-refractivity contribution is 4.58. The summed E-state index contributed by atoms with van der Waals surface area (Å²) in [4.78, 5) is 0. The highest BCUT2D eigenvalue weighted by Crippen LogP contribution is 2.11. The molecule has 0 aliphatic carbocycles. The molecule has 9 heavy (non-hydrogen) atoms. The topological polar surface area (TPSA) is 18.5 Å². The fourth-order valence-corrected chi connectivity index (χ4v) is 0.908. The van der Waals surface area contributed by atoms with E-state index >= 15 is 0 Å². The first-order valence-electron chi connectivity index (χ1n) is 3.52. The molecule has 0 aromatic carbocycles. The van der Waals surface area contributed by atoms with Crippen molar-refractivity contribution in [3.8, 4) is 0 Å². The van der Waals surface area contributed by atoms with Crippen LogP contribution in [0.15, 0.2) is 0 Å². The summed E-state index contributed by atoms with van der Waals surface area (Å²) in [6.07, 6.45) is 3.02. The van der Waals surface area contributed by atoms with Crippen LogP contribution in [0, 0.1) is 0 Å². The van der Waals surface area contributed by atoms with E-state index in [2.05, 4.69) is 13.8 Å². The van der Waals surface area contributed by atoms with Gasteiger partial charge in [-0.25, -0.2) is 0 Å². The summed E-state index contributed by atoms with van der Waals surface area (Å²) in [5.41, 5.74) is 0. The van der Waals surface area contributed by atoms with Gasteiger partial charge in [-0.15, -0.1) is 0 Å². The average Bonchev–Trinajstić information content (AvgIpc) is 1.97. The van der Waals surface area contributed by atoms with Gasteiger partial charge in [-0.1, -0.05) is 0 Å². The zero-order valence-electron chi connectivity index (χ0n) is 6.09. The van der Waals surface area contributed by atoms with Crippen molar-refractivity contribution in [2.45, 2.75) is 38.9 Å². The molecule has 0 N–H and O–H groups in total. The lowest BCUT2D eigenvalue weighted by molar-refractivity contribution is -0.0837. The Kier molecular flexibility index (Phi) is 2.49. The molecule has 0 aromatic rings. The van der Waals surface area contributed by atoms with Crippen molar-refractivity contribution in [3.63, 3.8) is 0 Å². The van der Waals surface area contributed by atoms with E-state index in [1.54, 1.807) is 0 Å². The van der Waals surface area contributed by atoms with Crippen LogP contribution < -0.4 is 0 Å². The van der Waals surface area contributed by atoms with Crippen LogP contribution in [-0.4, -0.2) is 19.0 Å². The molecule has 0 amide bonds. The quantitative estimate of drug-likeness (QED) is 0.495. The van der Waals surface area contributed by atoms with E-state index in [-0.39, 0.29) is 0 Å². The molecule has 2 nitrogen and oxygen atoms in total. The van der Waals surface area contributed by atoms with Gasteiger partial charge in [0, 0.05) is 0 Å². The van der Waals surface area contributed by atoms with Crippen LogP contribution >= 0.6 is 0 Å². The number of hydrogen-bond donors (Lipinski definition) is 0. The molecule has 1 heterocycles. The van der Waals surface area contributed by atoms with Gasteiger partial charge in [0.25, 0.3) is 0 Å². The zero-order valence-corrected chi connectivity index (χ0v) is 6.09. The van der Waals surface area contributed by atoms with Crippen LogP contribution in [0.4, 0.5) is 0 Å². The van der Waals surface area contributed by atoms with E-state index in [1.165, 1.54) is 0 Å². The van der Waals surface area contributed by atoms with Crippen LogP contribution in [0.5, 0.6) is 0 Å². The number of ether oxygens (including phenoxy) is 2. The molecule has 1 fully saturated rings. The molecule has 2 atom stereocenters. The standard InChI is InChI=1S/C7H14O2/c1-6-3-4-7(2)9-5-8-6/h6-7H,3-5H2,1-2H3. The maximum absolute atomic E-state index is 5.25. The Morgan fingerprint density at radius 2 is 1.44 bits per heavy atom. The third-order valence-corrected chi connectivity index (χ3v) is 1.68. The molecule has 1 saturated heterocycles. The SMILES string of the molecule is CC1CCC(C)OCO1. The second-order valence-corrected chi connectivity index (χ2v) is 2.65. The summed E-state index contributed by atoms with van der Waals surface area (Å²) >= 11 is 0. The molecule has 54 valence electrons. The van der Waals surface area contributed by atoms with Gasteiger partial charge in [-0.2, -0.15) is 0 Å². The van der Waals surface area contributed by atoms with Crippen LogP contribution in [0.2, 0.25) is 0 Å². The summed E-state index contributed by atoms with van der Waals surface area (Å²) in [6.45, 7) is 4.64. The van der Waals surface area contributed by atoms with Gasteiger partial charge >= 0.3 is 0 Å². The summed E-state index contributed by atoms with van der Waals surface area (Å²) in [6, 6.07) is 0. The summed E-state index contributed by atoms with van der Waals surface area (Å²) in [5.74, 6) is 0. The first kappa shape index (κ1) is 7.03. The van der Waals surface area contributed by atoms with E-state index in [9.17, 15) is 0 Å². The summed E-state index contributed by atoms with van der Waals surface area (Å²) in [7, 11) is 0. The van der Waals surface area contributed by atoms with Gasteiger partial charge in [0.1, 0.15) is 6.79 Å². The smallest absolute Gasteiger partial charge is 0.147 e. The lowest BCUT2D eigenvalue weighted by atomic mass is 10.1. The Morgan fingerprint density at radius 1 is 1.00 bits per heavy atom. The fourth-order valence-electron chi connectivity index (χ4n) is 0.908. The van der Waals surface area contributed by atoms with Crippen LogP contribution in [0.25, 0.3) is 0 Å². The molecule has 1 rings (SSSR count). The summed E-state index contributed by atoms with van der Waals surface area (Å²) in [5, 5.41) is 0.